The van der Waals surface area contributed by atoms with E-state index in [0.29, 0.717) is 18.7 Å². The number of benzene rings is 2. The lowest BCUT2D eigenvalue weighted by Gasteiger charge is -2.34. The summed E-state index contributed by atoms with van der Waals surface area (Å²) in [5.41, 5.74) is 2.81. The number of carbonyl (C=O) groups is 1. The molecule has 1 aliphatic heterocycles. The zero-order valence-corrected chi connectivity index (χ0v) is 17.4. The number of amides is 1. The second-order valence-electron chi connectivity index (χ2n) is 7.13. The molecule has 3 rings (SSSR count). The van der Waals surface area contributed by atoms with Crippen molar-refractivity contribution in [3.63, 3.8) is 0 Å². The molecular formula is C22H30N4O3. The number of carbonyl (C=O) groups excluding carboxylic acids is 1. The van der Waals surface area contributed by atoms with Crippen molar-refractivity contribution >= 4 is 23.0 Å². The predicted molar refractivity (Wildman–Crippen MR) is 117 cm³/mol. The summed E-state index contributed by atoms with van der Waals surface area (Å²) < 4.78 is 10.6. The van der Waals surface area contributed by atoms with Crippen molar-refractivity contribution in [1.29, 1.82) is 0 Å². The SMILES string of the molecule is COc1ccc(OC)c(NCCC(=O)Nc2ccc(N3CCN(C)CC3)cc2)c1. The van der Waals surface area contributed by atoms with Gasteiger partial charge in [-0.15, -0.1) is 0 Å². The molecule has 0 aliphatic carbocycles. The van der Waals surface area contributed by atoms with Gasteiger partial charge in [0.1, 0.15) is 11.5 Å². The largest absolute Gasteiger partial charge is 0.497 e. The highest BCUT2D eigenvalue weighted by atomic mass is 16.5. The van der Waals surface area contributed by atoms with Crippen LogP contribution in [0, 0.1) is 0 Å². The number of methoxy groups -OCH3 is 2. The lowest BCUT2D eigenvalue weighted by atomic mass is 10.2. The maximum absolute atomic E-state index is 12.3. The molecule has 0 saturated carbocycles. The normalized spacial score (nSPS) is 14.4. The van der Waals surface area contributed by atoms with E-state index >= 15 is 0 Å². The fraction of sp³-hybridized carbons (Fsp3) is 0.409. The number of likely N-dealkylation sites (N-methyl/N-ethyl adjacent to an activating group) is 1. The van der Waals surface area contributed by atoms with Gasteiger partial charge in [0.25, 0.3) is 0 Å². The minimum Gasteiger partial charge on any atom is -0.497 e. The Morgan fingerprint density at radius 1 is 1.00 bits per heavy atom. The third-order valence-electron chi connectivity index (χ3n) is 5.09. The molecule has 1 amide bonds. The molecule has 2 aromatic rings. The fourth-order valence-corrected chi connectivity index (χ4v) is 3.31. The van der Waals surface area contributed by atoms with E-state index in [1.54, 1.807) is 14.2 Å². The molecule has 0 atom stereocenters. The number of hydrogen-bond donors (Lipinski definition) is 2. The van der Waals surface area contributed by atoms with Crippen molar-refractivity contribution < 1.29 is 14.3 Å². The van der Waals surface area contributed by atoms with E-state index in [2.05, 4.69) is 39.6 Å². The summed E-state index contributed by atoms with van der Waals surface area (Å²) in [5.74, 6) is 1.41. The smallest absolute Gasteiger partial charge is 0.226 e. The number of nitrogens with one attached hydrogen (secondary N) is 2. The highest BCUT2D eigenvalue weighted by molar-refractivity contribution is 5.91. The van der Waals surface area contributed by atoms with Crippen molar-refractivity contribution in [2.24, 2.45) is 0 Å². The van der Waals surface area contributed by atoms with Crippen LogP contribution in [0.1, 0.15) is 6.42 Å². The molecule has 1 saturated heterocycles. The molecule has 1 fully saturated rings. The van der Waals surface area contributed by atoms with Crippen LogP contribution >= 0.6 is 0 Å². The topological polar surface area (TPSA) is 66.1 Å². The molecule has 0 aromatic heterocycles. The summed E-state index contributed by atoms with van der Waals surface area (Å²) in [7, 11) is 5.38. The number of hydrogen-bond acceptors (Lipinski definition) is 6. The standard InChI is InChI=1S/C22H30N4O3/c1-25-12-14-26(15-13-25)18-6-4-17(5-7-18)24-22(27)10-11-23-20-16-19(28-2)8-9-21(20)29-3/h4-9,16,23H,10-15H2,1-3H3,(H,24,27). The van der Waals surface area contributed by atoms with Crippen molar-refractivity contribution in [3.8, 4) is 11.5 Å². The van der Waals surface area contributed by atoms with Crippen LogP contribution in [-0.2, 0) is 4.79 Å². The zero-order chi connectivity index (χ0) is 20.6. The quantitative estimate of drug-likeness (QED) is 0.713. The molecular weight excluding hydrogens is 368 g/mol. The van der Waals surface area contributed by atoms with Crippen LogP contribution in [0.4, 0.5) is 17.1 Å². The first-order valence-corrected chi connectivity index (χ1v) is 9.88. The first-order chi connectivity index (χ1) is 14.1. The Morgan fingerprint density at radius 2 is 1.72 bits per heavy atom. The van der Waals surface area contributed by atoms with E-state index in [4.69, 9.17) is 9.47 Å². The van der Waals surface area contributed by atoms with Crippen molar-refractivity contribution in [3.05, 3.63) is 42.5 Å². The zero-order valence-electron chi connectivity index (χ0n) is 17.4. The van der Waals surface area contributed by atoms with Gasteiger partial charge in [-0.1, -0.05) is 0 Å². The van der Waals surface area contributed by atoms with Crippen LogP contribution in [0.5, 0.6) is 11.5 Å². The maximum atomic E-state index is 12.3. The number of ether oxygens (including phenoxy) is 2. The highest BCUT2D eigenvalue weighted by Gasteiger charge is 2.14. The van der Waals surface area contributed by atoms with Crippen LogP contribution in [0.2, 0.25) is 0 Å². The van der Waals surface area contributed by atoms with E-state index in [9.17, 15) is 4.79 Å². The molecule has 2 N–H and O–H groups in total. The Kier molecular flexibility index (Phi) is 7.19. The maximum Gasteiger partial charge on any atom is 0.226 e. The van der Waals surface area contributed by atoms with Gasteiger partial charge in [0, 0.05) is 56.6 Å². The monoisotopic (exact) mass is 398 g/mol. The molecule has 1 heterocycles. The van der Waals surface area contributed by atoms with E-state index in [-0.39, 0.29) is 5.91 Å². The Morgan fingerprint density at radius 3 is 2.38 bits per heavy atom. The first kappa shape index (κ1) is 20.8. The van der Waals surface area contributed by atoms with E-state index in [1.165, 1.54) is 5.69 Å². The van der Waals surface area contributed by atoms with Crippen LogP contribution in [0.3, 0.4) is 0 Å². The summed E-state index contributed by atoms with van der Waals surface area (Å²) in [6.45, 7) is 4.70. The Bertz CT molecular complexity index is 802. The van der Waals surface area contributed by atoms with Crippen molar-refractivity contribution in [1.82, 2.24) is 4.90 Å². The fourth-order valence-electron chi connectivity index (χ4n) is 3.31. The number of anilines is 3. The molecule has 7 heteroatoms. The van der Waals surface area contributed by atoms with Gasteiger partial charge in [-0.25, -0.2) is 0 Å². The van der Waals surface area contributed by atoms with Crippen molar-refractivity contribution in [2.45, 2.75) is 6.42 Å². The van der Waals surface area contributed by atoms with Crippen LogP contribution in [0.15, 0.2) is 42.5 Å². The average Bonchev–Trinajstić information content (AvgIpc) is 2.75. The predicted octanol–water partition coefficient (Wildman–Crippen LogP) is 2.90. The van der Waals surface area contributed by atoms with Gasteiger partial charge in [0.15, 0.2) is 0 Å². The van der Waals surface area contributed by atoms with Crippen LogP contribution in [0.25, 0.3) is 0 Å². The van der Waals surface area contributed by atoms with Gasteiger partial charge in [0.05, 0.1) is 19.9 Å². The van der Waals surface area contributed by atoms with E-state index in [1.807, 2.05) is 30.3 Å². The number of piperazine rings is 1. The van der Waals surface area contributed by atoms with Gasteiger partial charge in [-0.05, 0) is 43.4 Å². The van der Waals surface area contributed by atoms with Gasteiger partial charge < -0.3 is 29.9 Å². The molecule has 29 heavy (non-hydrogen) atoms. The molecule has 0 unspecified atom stereocenters. The van der Waals surface area contributed by atoms with E-state index < -0.39 is 0 Å². The first-order valence-electron chi connectivity index (χ1n) is 9.88. The third-order valence-corrected chi connectivity index (χ3v) is 5.09. The summed E-state index contributed by atoms with van der Waals surface area (Å²) in [6.07, 6.45) is 0.348. The summed E-state index contributed by atoms with van der Waals surface area (Å²) >= 11 is 0. The minimum atomic E-state index is -0.0355. The highest BCUT2D eigenvalue weighted by Crippen LogP contribution is 2.28. The summed E-state index contributed by atoms with van der Waals surface area (Å²) in [6, 6.07) is 13.6. The molecule has 2 aromatic carbocycles. The second-order valence-corrected chi connectivity index (χ2v) is 7.13. The number of rotatable bonds is 8. The van der Waals surface area contributed by atoms with Gasteiger partial charge >= 0.3 is 0 Å². The second kappa shape index (κ2) is 10.0. The van der Waals surface area contributed by atoms with Gasteiger partial charge in [-0.3, -0.25) is 4.79 Å². The molecule has 7 nitrogen and oxygen atoms in total. The lowest BCUT2D eigenvalue weighted by molar-refractivity contribution is -0.115. The van der Waals surface area contributed by atoms with Crippen molar-refractivity contribution in [2.75, 3.05) is 69.5 Å². The van der Waals surface area contributed by atoms with Gasteiger partial charge in [-0.2, -0.15) is 0 Å². The Hall–Kier alpha value is -2.93. The Balaban J connectivity index is 1.47. The third kappa shape index (κ3) is 5.77. The van der Waals surface area contributed by atoms with Crippen LogP contribution < -0.4 is 25.0 Å². The van der Waals surface area contributed by atoms with E-state index in [0.717, 1.165) is 43.3 Å². The Labute approximate surface area is 172 Å². The molecule has 0 bridgehead atoms. The molecule has 156 valence electrons. The molecule has 0 radical (unpaired) electrons. The van der Waals surface area contributed by atoms with Gasteiger partial charge in [0.2, 0.25) is 5.91 Å². The average molecular weight is 399 g/mol. The number of nitrogens with zero attached hydrogens (tertiary/aromatic N) is 2. The van der Waals surface area contributed by atoms with Crippen LogP contribution in [-0.4, -0.2) is 64.8 Å². The molecule has 1 aliphatic rings. The summed E-state index contributed by atoms with van der Waals surface area (Å²) in [5, 5.41) is 6.19. The molecule has 0 spiro atoms. The minimum absolute atomic E-state index is 0.0355. The lowest BCUT2D eigenvalue weighted by Crippen LogP contribution is -2.44. The summed E-state index contributed by atoms with van der Waals surface area (Å²) in [4.78, 5) is 17.0.